The van der Waals surface area contributed by atoms with E-state index < -0.39 is 12.1 Å². The van der Waals surface area contributed by atoms with Gasteiger partial charge < -0.3 is 14.2 Å². The highest BCUT2D eigenvalue weighted by Gasteiger charge is 2.19. The first-order chi connectivity index (χ1) is 31.0. The highest BCUT2D eigenvalue weighted by Crippen LogP contribution is 2.14. The molecule has 0 saturated heterocycles. The van der Waals surface area contributed by atoms with E-state index in [1.165, 1.54) is 154 Å². The van der Waals surface area contributed by atoms with Crippen molar-refractivity contribution < 1.29 is 28.6 Å². The third kappa shape index (κ3) is 49.7. The summed E-state index contributed by atoms with van der Waals surface area (Å²) >= 11 is 0. The Morgan fingerprint density at radius 1 is 0.333 bits per heavy atom. The van der Waals surface area contributed by atoms with Gasteiger partial charge in [0.2, 0.25) is 0 Å². The first-order valence-corrected chi connectivity index (χ1v) is 26.5. The van der Waals surface area contributed by atoms with Gasteiger partial charge in [-0.2, -0.15) is 0 Å². The predicted octanol–water partition coefficient (Wildman–Crippen LogP) is 17.4. The van der Waals surface area contributed by atoms with Gasteiger partial charge in [0.25, 0.3) is 0 Å². The van der Waals surface area contributed by atoms with Crippen LogP contribution in [0.1, 0.15) is 252 Å². The first-order valence-electron chi connectivity index (χ1n) is 26.5. The van der Waals surface area contributed by atoms with Crippen LogP contribution in [-0.4, -0.2) is 37.2 Å². The Kier molecular flexibility index (Phi) is 48.9. The Labute approximate surface area is 389 Å². The summed E-state index contributed by atoms with van der Waals surface area (Å²) in [7, 11) is 0. The highest BCUT2D eigenvalue weighted by molar-refractivity contribution is 5.71. The summed E-state index contributed by atoms with van der Waals surface area (Å²) in [6, 6.07) is 0. The normalized spacial score (nSPS) is 12.6. The van der Waals surface area contributed by atoms with Gasteiger partial charge in [-0.1, -0.05) is 222 Å². The van der Waals surface area contributed by atoms with Crippen molar-refractivity contribution in [2.75, 3.05) is 13.2 Å². The van der Waals surface area contributed by atoms with E-state index in [2.05, 4.69) is 81.5 Å². The molecular formula is C57H98O6. The van der Waals surface area contributed by atoms with Gasteiger partial charge in [-0.25, -0.2) is 0 Å². The Bertz CT molecular complexity index is 1190. The summed E-state index contributed by atoms with van der Waals surface area (Å²) in [4.78, 5) is 37.9. The van der Waals surface area contributed by atoms with Gasteiger partial charge in [-0.05, 0) is 83.5 Å². The fraction of sp³-hybridized carbons (Fsp3) is 0.737. The molecule has 0 aromatic rings. The number of carbonyl (C=O) groups is 3. The van der Waals surface area contributed by atoms with Crippen LogP contribution >= 0.6 is 0 Å². The van der Waals surface area contributed by atoms with Crippen LogP contribution in [0.2, 0.25) is 0 Å². The molecule has 0 bridgehead atoms. The second kappa shape index (κ2) is 51.5. The molecule has 0 saturated carbocycles. The molecular weight excluding hydrogens is 781 g/mol. The largest absolute Gasteiger partial charge is 0.462 e. The molecule has 0 N–H and O–H groups in total. The van der Waals surface area contributed by atoms with Crippen LogP contribution in [0.5, 0.6) is 0 Å². The summed E-state index contributed by atoms with van der Waals surface area (Å²) in [5, 5.41) is 0. The van der Waals surface area contributed by atoms with Crippen LogP contribution in [0.4, 0.5) is 0 Å². The van der Waals surface area contributed by atoms with Gasteiger partial charge in [0.1, 0.15) is 13.2 Å². The number of allylic oxidation sites excluding steroid dienone is 12. The minimum absolute atomic E-state index is 0.117. The number of ether oxygens (including phenoxy) is 3. The van der Waals surface area contributed by atoms with E-state index in [0.29, 0.717) is 19.3 Å². The minimum atomic E-state index is -0.828. The lowest BCUT2D eigenvalue weighted by molar-refractivity contribution is -0.166. The van der Waals surface area contributed by atoms with Gasteiger partial charge in [0.15, 0.2) is 6.10 Å². The molecule has 0 amide bonds. The minimum Gasteiger partial charge on any atom is -0.462 e. The van der Waals surface area contributed by atoms with Gasteiger partial charge in [-0.15, -0.1) is 0 Å². The molecule has 0 aromatic heterocycles. The van der Waals surface area contributed by atoms with Crippen molar-refractivity contribution in [3.8, 4) is 0 Å². The second-order valence-corrected chi connectivity index (χ2v) is 17.5. The van der Waals surface area contributed by atoms with E-state index in [4.69, 9.17) is 14.2 Å². The van der Waals surface area contributed by atoms with Crippen molar-refractivity contribution >= 4 is 17.9 Å². The van der Waals surface area contributed by atoms with Crippen molar-refractivity contribution in [3.05, 3.63) is 72.9 Å². The van der Waals surface area contributed by atoms with E-state index in [0.717, 1.165) is 44.9 Å². The average molecular weight is 879 g/mol. The Morgan fingerprint density at radius 2 is 0.651 bits per heavy atom. The number of hydrogen-bond acceptors (Lipinski definition) is 6. The lowest BCUT2D eigenvalue weighted by Crippen LogP contribution is -2.30. The summed E-state index contributed by atoms with van der Waals surface area (Å²) in [5.74, 6) is -1.06. The zero-order chi connectivity index (χ0) is 45.8. The van der Waals surface area contributed by atoms with E-state index >= 15 is 0 Å². The topological polar surface area (TPSA) is 78.9 Å². The first kappa shape index (κ1) is 59.9. The quantitative estimate of drug-likeness (QED) is 0.0199. The molecule has 0 aliphatic rings. The van der Waals surface area contributed by atoms with Crippen molar-refractivity contribution in [1.29, 1.82) is 0 Å². The smallest absolute Gasteiger partial charge is 0.306 e. The van der Waals surface area contributed by atoms with Crippen molar-refractivity contribution in [3.63, 3.8) is 0 Å². The fourth-order valence-corrected chi connectivity index (χ4v) is 7.19. The van der Waals surface area contributed by atoms with Crippen LogP contribution in [0, 0.1) is 0 Å². The molecule has 0 spiro atoms. The molecule has 0 radical (unpaired) electrons. The van der Waals surface area contributed by atoms with Crippen LogP contribution in [0.25, 0.3) is 0 Å². The maximum absolute atomic E-state index is 12.7. The maximum atomic E-state index is 12.7. The van der Waals surface area contributed by atoms with E-state index in [9.17, 15) is 14.4 Å². The van der Waals surface area contributed by atoms with Gasteiger partial charge in [0.05, 0.1) is 0 Å². The monoisotopic (exact) mass is 879 g/mol. The van der Waals surface area contributed by atoms with Crippen molar-refractivity contribution in [2.45, 2.75) is 258 Å². The number of hydrogen-bond donors (Lipinski definition) is 0. The third-order valence-corrected chi connectivity index (χ3v) is 11.2. The maximum Gasteiger partial charge on any atom is 0.306 e. The summed E-state index contributed by atoms with van der Waals surface area (Å²) in [6.07, 6.45) is 64.8. The zero-order valence-corrected chi connectivity index (χ0v) is 41.3. The van der Waals surface area contributed by atoms with Gasteiger partial charge in [0, 0.05) is 19.3 Å². The van der Waals surface area contributed by atoms with Crippen LogP contribution < -0.4 is 0 Å². The van der Waals surface area contributed by atoms with Crippen LogP contribution in [-0.2, 0) is 28.6 Å². The summed E-state index contributed by atoms with van der Waals surface area (Å²) in [5.41, 5.74) is 0. The molecule has 0 heterocycles. The number of unbranched alkanes of at least 4 members (excludes halogenated alkanes) is 25. The van der Waals surface area contributed by atoms with Crippen LogP contribution in [0.15, 0.2) is 72.9 Å². The van der Waals surface area contributed by atoms with Crippen molar-refractivity contribution in [1.82, 2.24) is 0 Å². The molecule has 1 unspecified atom stereocenters. The van der Waals surface area contributed by atoms with Crippen molar-refractivity contribution in [2.24, 2.45) is 0 Å². The molecule has 362 valence electrons. The fourth-order valence-electron chi connectivity index (χ4n) is 7.19. The van der Waals surface area contributed by atoms with E-state index in [1.807, 2.05) is 12.2 Å². The Balaban J connectivity index is 4.45. The lowest BCUT2D eigenvalue weighted by Gasteiger charge is -2.18. The standard InChI is InChI=1S/C57H98O6/c1-4-7-10-13-16-19-22-25-26-27-28-29-30-33-35-38-41-44-47-50-56(59)62-53-54(63-57(60)51-48-45-42-39-36-32-24-21-18-15-12-9-6-3)52-61-55(58)49-46-43-40-37-34-31-23-20-17-14-11-8-5-2/h16,19,22,25,31-32,34,36,40,42-43,45,54H,4-15,17-18,20-21,23-24,26-30,33,35,37-39,41,44,46-53H2,1-3H3/b19-16+,25-22+,34-31+,36-32+,43-40+,45-42+. The second-order valence-electron chi connectivity index (χ2n) is 17.5. The molecule has 6 nitrogen and oxygen atoms in total. The Morgan fingerprint density at radius 3 is 1.10 bits per heavy atom. The molecule has 63 heavy (non-hydrogen) atoms. The Hall–Kier alpha value is -3.15. The van der Waals surface area contributed by atoms with E-state index in [1.54, 1.807) is 0 Å². The molecule has 0 aromatic carbocycles. The molecule has 0 rings (SSSR count). The van der Waals surface area contributed by atoms with Gasteiger partial charge in [-0.3, -0.25) is 14.4 Å². The number of rotatable bonds is 47. The predicted molar refractivity (Wildman–Crippen MR) is 270 cm³/mol. The number of esters is 3. The third-order valence-electron chi connectivity index (χ3n) is 11.2. The van der Waals surface area contributed by atoms with E-state index in [-0.39, 0.29) is 38.0 Å². The molecule has 0 aliphatic carbocycles. The molecule has 0 aliphatic heterocycles. The molecule has 6 heteroatoms. The zero-order valence-electron chi connectivity index (χ0n) is 41.3. The van der Waals surface area contributed by atoms with Gasteiger partial charge >= 0.3 is 17.9 Å². The average Bonchev–Trinajstić information content (AvgIpc) is 3.28. The number of carbonyl (C=O) groups excluding carboxylic acids is 3. The molecule has 1 atom stereocenters. The molecule has 0 fully saturated rings. The lowest BCUT2D eigenvalue weighted by atomic mass is 10.1. The van der Waals surface area contributed by atoms with Crippen LogP contribution in [0.3, 0.4) is 0 Å². The summed E-state index contributed by atoms with van der Waals surface area (Å²) < 4.78 is 16.7. The SMILES string of the molecule is CCCCC/C=C/C=C/CCCCCCCCCCCCC(=O)OCC(COC(=O)CC/C=C/C/C=C/CCCCCCCC)OC(=O)CC/C=C/C/C=C/CCCCCCCC. The highest BCUT2D eigenvalue weighted by atomic mass is 16.6. The summed E-state index contributed by atoms with van der Waals surface area (Å²) in [6.45, 7) is 6.49.